The zero-order valence-corrected chi connectivity index (χ0v) is 12.2. The molecule has 0 aliphatic heterocycles. The number of nitrogens with one attached hydrogen (secondary N) is 2. The van der Waals surface area contributed by atoms with Crippen molar-refractivity contribution in [1.29, 1.82) is 0 Å². The summed E-state index contributed by atoms with van der Waals surface area (Å²) in [6.45, 7) is 4.39. The van der Waals surface area contributed by atoms with Crippen molar-refractivity contribution in [2.24, 2.45) is 5.11 Å². The molecule has 0 bridgehead atoms. The fourth-order valence-corrected chi connectivity index (χ4v) is 1.60. The van der Waals surface area contributed by atoms with E-state index in [0.29, 0.717) is 18.0 Å². The van der Waals surface area contributed by atoms with Gasteiger partial charge < -0.3 is 15.4 Å². The van der Waals surface area contributed by atoms with Crippen LogP contribution in [0.4, 0.5) is 11.4 Å². The summed E-state index contributed by atoms with van der Waals surface area (Å²) in [5.41, 5.74) is 9.43. The van der Waals surface area contributed by atoms with E-state index in [1.807, 2.05) is 0 Å². The molecule has 0 unspecified atom stereocenters. The molecule has 0 fully saturated rings. The lowest BCUT2D eigenvalue weighted by molar-refractivity contribution is -0.120. The van der Waals surface area contributed by atoms with Crippen LogP contribution in [-0.2, 0) is 9.53 Å². The topological polar surface area (TPSA) is 99.1 Å². The Balaban J connectivity index is 2.17. The van der Waals surface area contributed by atoms with Crippen molar-refractivity contribution in [2.75, 3.05) is 31.6 Å². The molecule has 0 aliphatic carbocycles. The van der Waals surface area contributed by atoms with Gasteiger partial charge in [-0.25, -0.2) is 0 Å². The molecular weight excluding hydrogens is 270 g/mol. The molecular formula is C14H21N5O2. The van der Waals surface area contributed by atoms with E-state index < -0.39 is 0 Å². The van der Waals surface area contributed by atoms with Gasteiger partial charge in [0, 0.05) is 22.8 Å². The average molecular weight is 291 g/mol. The van der Waals surface area contributed by atoms with E-state index in [1.165, 1.54) is 0 Å². The number of azide groups is 1. The van der Waals surface area contributed by atoms with Crippen molar-refractivity contribution in [3.8, 4) is 0 Å². The molecule has 2 N–H and O–H groups in total. The van der Waals surface area contributed by atoms with Crippen LogP contribution < -0.4 is 10.6 Å². The number of hydrogen-bond donors (Lipinski definition) is 2. The number of anilines is 1. The van der Waals surface area contributed by atoms with Crippen LogP contribution in [0.3, 0.4) is 0 Å². The quantitative estimate of drug-likeness (QED) is 0.300. The monoisotopic (exact) mass is 291 g/mol. The Morgan fingerprint density at radius 2 is 2.10 bits per heavy atom. The van der Waals surface area contributed by atoms with Crippen molar-refractivity contribution in [3.05, 3.63) is 34.7 Å². The van der Waals surface area contributed by atoms with Gasteiger partial charge in [-0.05, 0) is 30.6 Å². The minimum Gasteiger partial charge on any atom is -0.370 e. The molecule has 0 saturated heterocycles. The fraction of sp³-hybridized carbons (Fsp3) is 0.500. The normalized spacial score (nSPS) is 9.95. The third-order valence-corrected chi connectivity index (χ3v) is 2.67. The van der Waals surface area contributed by atoms with E-state index in [1.54, 1.807) is 24.3 Å². The summed E-state index contributed by atoms with van der Waals surface area (Å²) in [4.78, 5) is 14.3. The van der Waals surface area contributed by atoms with Crippen LogP contribution in [0, 0.1) is 0 Å². The van der Waals surface area contributed by atoms with Crippen LogP contribution in [0.25, 0.3) is 10.4 Å². The lowest BCUT2D eigenvalue weighted by atomic mass is 10.3. The first kappa shape index (κ1) is 17.0. The van der Waals surface area contributed by atoms with Gasteiger partial charge in [-0.2, -0.15) is 0 Å². The molecule has 1 rings (SSSR count). The Bertz CT molecular complexity index is 469. The van der Waals surface area contributed by atoms with Crippen molar-refractivity contribution in [1.82, 2.24) is 5.32 Å². The standard InChI is InChI=1S/C14H21N5O2/c1-2-3-8-16-9-10-21-11-14(20)17-12-4-6-13(7-5-12)18-19-15/h4-7,16H,2-3,8-11H2,1H3,(H,17,20). The first-order chi connectivity index (χ1) is 10.3. The summed E-state index contributed by atoms with van der Waals surface area (Å²) in [6.07, 6.45) is 2.31. The maximum absolute atomic E-state index is 11.6. The molecule has 1 amide bonds. The zero-order chi connectivity index (χ0) is 15.3. The van der Waals surface area contributed by atoms with Gasteiger partial charge in [-0.1, -0.05) is 30.6 Å². The maximum atomic E-state index is 11.6. The Morgan fingerprint density at radius 3 is 2.76 bits per heavy atom. The average Bonchev–Trinajstić information content (AvgIpc) is 2.49. The number of carbonyl (C=O) groups excluding carboxylic acids is 1. The predicted octanol–water partition coefficient (Wildman–Crippen LogP) is 2.97. The summed E-state index contributed by atoms with van der Waals surface area (Å²) in [6, 6.07) is 6.62. The number of carbonyl (C=O) groups is 1. The van der Waals surface area contributed by atoms with Crippen LogP contribution in [0.15, 0.2) is 29.4 Å². The molecule has 0 aliphatic rings. The molecule has 1 aromatic carbocycles. The third-order valence-electron chi connectivity index (χ3n) is 2.67. The number of rotatable bonds is 10. The summed E-state index contributed by atoms with van der Waals surface area (Å²) in [7, 11) is 0. The fourth-order valence-electron chi connectivity index (χ4n) is 1.60. The van der Waals surface area contributed by atoms with E-state index in [0.717, 1.165) is 25.9 Å². The van der Waals surface area contributed by atoms with Gasteiger partial charge in [0.15, 0.2) is 0 Å². The Hall–Kier alpha value is -2.08. The smallest absolute Gasteiger partial charge is 0.250 e. The van der Waals surface area contributed by atoms with Crippen LogP contribution in [-0.4, -0.2) is 32.2 Å². The Labute approximate surface area is 124 Å². The largest absolute Gasteiger partial charge is 0.370 e. The lowest BCUT2D eigenvalue weighted by Gasteiger charge is -2.07. The number of amides is 1. The lowest BCUT2D eigenvalue weighted by Crippen LogP contribution is -2.24. The van der Waals surface area contributed by atoms with Crippen LogP contribution >= 0.6 is 0 Å². The first-order valence-corrected chi connectivity index (χ1v) is 6.99. The molecule has 7 heteroatoms. The number of unbranched alkanes of at least 4 members (excludes halogenated alkanes) is 1. The minimum atomic E-state index is -0.208. The summed E-state index contributed by atoms with van der Waals surface area (Å²) < 4.78 is 5.27. The summed E-state index contributed by atoms with van der Waals surface area (Å²) >= 11 is 0. The maximum Gasteiger partial charge on any atom is 0.250 e. The highest BCUT2D eigenvalue weighted by Crippen LogP contribution is 2.16. The van der Waals surface area contributed by atoms with Crippen LogP contribution in [0.2, 0.25) is 0 Å². The highest BCUT2D eigenvalue weighted by atomic mass is 16.5. The van der Waals surface area contributed by atoms with E-state index >= 15 is 0 Å². The van der Waals surface area contributed by atoms with E-state index in [9.17, 15) is 4.79 Å². The molecule has 1 aromatic rings. The number of ether oxygens (including phenoxy) is 1. The molecule has 0 saturated carbocycles. The van der Waals surface area contributed by atoms with Gasteiger partial charge in [0.1, 0.15) is 6.61 Å². The summed E-state index contributed by atoms with van der Waals surface area (Å²) in [5.74, 6) is -0.208. The number of benzene rings is 1. The highest BCUT2D eigenvalue weighted by molar-refractivity contribution is 5.91. The second-order valence-corrected chi connectivity index (χ2v) is 4.44. The molecule has 0 aromatic heterocycles. The third kappa shape index (κ3) is 7.94. The van der Waals surface area contributed by atoms with Crippen molar-refractivity contribution in [2.45, 2.75) is 19.8 Å². The van der Waals surface area contributed by atoms with Crippen LogP contribution in [0.5, 0.6) is 0 Å². The zero-order valence-electron chi connectivity index (χ0n) is 12.2. The summed E-state index contributed by atoms with van der Waals surface area (Å²) in [5, 5.41) is 9.39. The van der Waals surface area contributed by atoms with Crippen LogP contribution in [0.1, 0.15) is 19.8 Å². The van der Waals surface area contributed by atoms with Gasteiger partial charge >= 0.3 is 0 Å². The second-order valence-electron chi connectivity index (χ2n) is 4.44. The molecule has 7 nitrogen and oxygen atoms in total. The van der Waals surface area contributed by atoms with E-state index in [4.69, 9.17) is 10.3 Å². The first-order valence-electron chi connectivity index (χ1n) is 6.99. The highest BCUT2D eigenvalue weighted by Gasteiger charge is 2.02. The van der Waals surface area contributed by atoms with Crippen molar-refractivity contribution in [3.63, 3.8) is 0 Å². The number of nitrogens with zero attached hydrogens (tertiary/aromatic N) is 3. The molecule has 114 valence electrons. The van der Waals surface area contributed by atoms with Gasteiger partial charge in [-0.15, -0.1) is 0 Å². The second kappa shape index (κ2) is 10.7. The van der Waals surface area contributed by atoms with Crippen molar-refractivity contribution >= 4 is 17.3 Å². The van der Waals surface area contributed by atoms with Crippen molar-refractivity contribution < 1.29 is 9.53 Å². The Kier molecular flexibility index (Phi) is 8.63. The number of hydrogen-bond acceptors (Lipinski definition) is 4. The minimum absolute atomic E-state index is 0.0214. The molecule has 0 spiro atoms. The SMILES string of the molecule is CCCCNCCOCC(=O)Nc1ccc(N=[N+]=[N-])cc1. The molecule has 21 heavy (non-hydrogen) atoms. The molecule has 0 heterocycles. The van der Waals surface area contributed by atoms with Gasteiger partial charge in [-0.3, -0.25) is 4.79 Å². The Morgan fingerprint density at radius 1 is 1.33 bits per heavy atom. The molecule has 0 atom stereocenters. The molecule has 0 radical (unpaired) electrons. The van der Waals surface area contributed by atoms with E-state index in [-0.39, 0.29) is 12.5 Å². The van der Waals surface area contributed by atoms with Gasteiger partial charge in [0.2, 0.25) is 5.91 Å². The predicted molar refractivity (Wildman–Crippen MR) is 82.5 cm³/mol. The van der Waals surface area contributed by atoms with Gasteiger partial charge in [0.05, 0.1) is 6.61 Å². The van der Waals surface area contributed by atoms with E-state index in [2.05, 4.69) is 27.6 Å². The van der Waals surface area contributed by atoms with Gasteiger partial charge in [0.25, 0.3) is 0 Å².